The number of barbiturate groups is 1. The summed E-state index contributed by atoms with van der Waals surface area (Å²) in [7, 11) is 1.43. The first-order valence-corrected chi connectivity index (χ1v) is 12.3. The Morgan fingerprint density at radius 3 is 2.45 bits per heavy atom. The number of rotatable bonds is 7. The fourth-order valence-corrected chi connectivity index (χ4v) is 4.37. The molecule has 3 aromatic carbocycles. The van der Waals surface area contributed by atoms with E-state index in [1.54, 1.807) is 55.5 Å². The van der Waals surface area contributed by atoms with Crippen LogP contribution in [0.1, 0.15) is 16.7 Å². The highest BCUT2D eigenvalue weighted by Gasteiger charge is 2.37. The number of amides is 5. The molecule has 9 nitrogen and oxygen atoms in total. The maximum atomic E-state index is 13.2. The van der Waals surface area contributed by atoms with E-state index < -0.39 is 17.8 Å². The number of nitrogens with zero attached hydrogens (tertiary/aromatic N) is 1. The Morgan fingerprint density at radius 1 is 1.05 bits per heavy atom. The van der Waals surface area contributed by atoms with Crippen LogP contribution in [0.3, 0.4) is 0 Å². The van der Waals surface area contributed by atoms with Gasteiger partial charge < -0.3 is 14.8 Å². The summed E-state index contributed by atoms with van der Waals surface area (Å²) in [5.74, 6) is -1.39. The lowest BCUT2D eigenvalue weighted by Gasteiger charge is -2.27. The molecule has 1 aliphatic rings. The number of benzene rings is 3. The monoisotopic (exact) mass is 577 g/mol. The number of halogens is 1. The Bertz CT molecular complexity index is 1470. The average molecular weight is 578 g/mol. The number of nitrogens with one attached hydrogen (secondary N) is 2. The second-order valence-electron chi connectivity index (χ2n) is 8.48. The fourth-order valence-electron chi connectivity index (χ4n) is 3.79. The third-order valence-corrected chi connectivity index (χ3v) is 6.29. The molecule has 10 heteroatoms. The summed E-state index contributed by atoms with van der Waals surface area (Å²) in [4.78, 5) is 51.6. The van der Waals surface area contributed by atoms with Crippen molar-refractivity contribution in [3.8, 4) is 11.5 Å². The second kappa shape index (κ2) is 11.3. The van der Waals surface area contributed by atoms with Crippen molar-refractivity contribution in [1.29, 1.82) is 0 Å². The number of anilines is 2. The fraction of sp³-hybridized carbons (Fsp3) is 0.143. The van der Waals surface area contributed by atoms with E-state index in [2.05, 4.69) is 26.6 Å². The highest BCUT2D eigenvalue weighted by Crippen LogP contribution is 2.37. The summed E-state index contributed by atoms with van der Waals surface area (Å²) in [6, 6.07) is 16.6. The minimum atomic E-state index is -0.821. The molecule has 1 heterocycles. The number of ether oxygens (including phenoxy) is 2. The summed E-state index contributed by atoms with van der Waals surface area (Å²) in [6.45, 7) is 3.43. The van der Waals surface area contributed by atoms with Crippen LogP contribution >= 0.6 is 15.9 Å². The van der Waals surface area contributed by atoms with Crippen molar-refractivity contribution in [3.05, 3.63) is 87.4 Å². The number of carbonyl (C=O) groups excluding carboxylic acids is 4. The topological polar surface area (TPSA) is 114 Å². The number of urea groups is 1. The molecule has 0 bridgehead atoms. The number of methoxy groups -OCH3 is 1. The van der Waals surface area contributed by atoms with Gasteiger partial charge in [0.2, 0.25) is 0 Å². The van der Waals surface area contributed by atoms with Gasteiger partial charge in [-0.1, -0.05) is 35.9 Å². The maximum Gasteiger partial charge on any atom is 0.335 e. The summed E-state index contributed by atoms with van der Waals surface area (Å²) in [5, 5.41) is 4.97. The number of hydrogen-bond donors (Lipinski definition) is 2. The van der Waals surface area contributed by atoms with Gasteiger partial charge in [-0.05, 0) is 77.3 Å². The zero-order chi connectivity index (χ0) is 27.4. The molecule has 38 heavy (non-hydrogen) atoms. The van der Waals surface area contributed by atoms with Crippen LogP contribution in [0.2, 0.25) is 0 Å². The second-order valence-corrected chi connectivity index (χ2v) is 9.34. The van der Waals surface area contributed by atoms with E-state index in [1.165, 1.54) is 13.2 Å². The van der Waals surface area contributed by atoms with E-state index in [9.17, 15) is 19.2 Å². The molecule has 0 radical (unpaired) electrons. The summed E-state index contributed by atoms with van der Waals surface area (Å²) < 4.78 is 11.6. The van der Waals surface area contributed by atoms with Crippen LogP contribution in [0, 0.1) is 13.8 Å². The first-order valence-electron chi connectivity index (χ1n) is 11.5. The Kier molecular flexibility index (Phi) is 7.92. The lowest BCUT2D eigenvalue weighted by Crippen LogP contribution is -2.54. The van der Waals surface area contributed by atoms with Crippen LogP contribution in [0.25, 0.3) is 6.08 Å². The molecular weight excluding hydrogens is 554 g/mol. The maximum absolute atomic E-state index is 13.2. The van der Waals surface area contributed by atoms with E-state index in [1.807, 2.05) is 19.1 Å². The van der Waals surface area contributed by atoms with Crippen LogP contribution in [0.15, 0.2) is 70.7 Å². The minimum Gasteiger partial charge on any atom is -0.493 e. The van der Waals surface area contributed by atoms with Crippen LogP contribution in [0.4, 0.5) is 16.2 Å². The smallest absolute Gasteiger partial charge is 0.335 e. The number of carbonyl (C=O) groups is 4. The SMILES string of the molecule is COc1cc(/C=C2\C(=O)NC(=O)N(c3ccccc3C)C2=O)cc(Br)c1OCC(=O)Nc1ccc(C)cc1. The lowest BCUT2D eigenvalue weighted by atomic mass is 10.1. The van der Waals surface area contributed by atoms with Crippen molar-refractivity contribution in [3.63, 3.8) is 0 Å². The Hall–Kier alpha value is -4.44. The molecule has 194 valence electrons. The minimum absolute atomic E-state index is 0.229. The van der Waals surface area contributed by atoms with Gasteiger partial charge in [-0.2, -0.15) is 0 Å². The third-order valence-electron chi connectivity index (χ3n) is 5.70. The van der Waals surface area contributed by atoms with Crippen LogP contribution in [-0.2, 0) is 14.4 Å². The van der Waals surface area contributed by atoms with Gasteiger partial charge in [0.15, 0.2) is 18.1 Å². The van der Waals surface area contributed by atoms with Crippen LogP contribution < -0.4 is 25.0 Å². The van der Waals surface area contributed by atoms with Crippen LogP contribution in [-0.4, -0.2) is 37.5 Å². The molecule has 0 atom stereocenters. The number of aryl methyl sites for hydroxylation is 2. The molecule has 0 unspecified atom stereocenters. The molecule has 5 amide bonds. The van der Waals surface area contributed by atoms with Crippen molar-refractivity contribution < 1.29 is 28.7 Å². The largest absolute Gasteiger partial charge is 0.493 e. The van der Waals surface area contributed by atoms with E-state index in [4.69, 9.17) is 9.47 Å². The predicted molar refractivity (Wildman–Crippen MR) is 146 cm³/mol. The molecule has 0 spiro atoms. The molecule has 0 saturated carbocycles. The van der Waals surface area contributed by atoms with Crippen molar-refractivity contribution in [2.75, 3.05) is 23.9 Å². The zero-order valence-electron chi connectivity index (χ0n) is 20.8. The van der Waals surface area contributed by atoms with Gasteiger partial charge in [-0.15, -0.1) is 0 Å². The molecule has 4 rings (SSSR count). The Morgan fingerprint density at radius 2 is 1.76 bits per heavy atom. The third kappa shape index (κ3) is 5.76. The van der Waals surface area contributed by atoms with Gasteiger partial charge in [0.05, 0.1) is 17.3 Å². The van der Waals surface area contributed by atoms with Crippen molar-refractivity contribution in [2.45, 2.75) is 13.8 Å². The zero-order valence-corrected chi connectivity index (χ0v) is 22.4. The van der Waals surface area contributed by atoms with Gasteiger partial charge in [0.1, 0.15) is 5.57 Å². The number of para-hydroxylation sites is 1. The van der Waals surface area contributed by atoms with E-state index in [0.29, 0.717) is 27.0 Å². The standard InChI is InChI=1S/C28H24BrN3O6/c1-16-8-10-19(11-9-16)30-24(33)15-38-25-21(29)13-18(14-23(25)37-3)12-20-26(34)31-28(36)32(27(20)35)22-7-5-4-6-17(22)2/h4-14H,15H2,1-3H3,(H,30,33)(H,31,34,36)/b20-12+. The lowest BCUT2D eigenvalue weighted by molar-refractivity contribution is -0.122. The van der Waals surface area contributed by atoms with Gasteiger partial charge in [0, 0.05) is 5.69 Å². The first kappa shape index (κ1) is 26.6. The Balaban J connectivity index is 1.56. The molecule has 0 aromatic heterocycles. The van der Waals surface area contributed by atoms with Crippen molar-refractivity contribution >= 4 is 57.1 Å². The molecule has 2 N–H and O–H groups in total. The average Bonchev–Trinajstić information content (AvgIpc) is 2.88. The summed E-state index contributed by atoms with van der Waals surface area (Å²) >= 11 is 3.41. The molecule has 1 fully saturated rings. The van der Waals surface area contributed by atoms with Crippen molar-refractivity contribution in [1.82, 2.24) is 5.32 Å². The van der Waals surface area contributed by atoms with Gasteiger partial charge in [-0.3, -0.25) is 19.7 Å². The molecule has 0 aliphatic carbocycles. The number of imide groups is 2. The highest BCUT2D eigenvalue weighted by molar-refractivity contribution is 9.10. The molecule has 1 aliphatic heterocycles. The molecule has 1 saturated heterocycles. The van der Waals surface area contributed by atoms with E-state index in [-0.39, 0.29) is 29.6 Å². The highest BCUT2D eigenvalue weighted by atomic mass is 79.9. The predicted octanol–water partition coefficient (Wildman–Crippen LogP) is 4.76. The van der Waals surface area contributed by atoms with E-state index >= 15 is 0 Å². The number of hydrogen-bond acceptors (Lipinski definition) is 6. The quantitative estimate of drug-likeness (QED) is 0.309. The van der Waals surface area contributed by atoms with Gasteiger partial charge >= 0.3 is 6.03 Å². The van der Waals surface area contributed by atoms with Crippen LogP contribution in [0.5, 0.6) is 11.5 Å². The van der Waals surface area contributed by atoms with E-state index in [0.717, 1.165) is 10.5 Å². The van der Waals surface area contributed by atoms with Gasteiger partial charge in [-0.25, -0.2) is 9.69 Å². The summed E-state index contributed by atoms with van der Waals surface area (Å²) in [6.07, 6.45) is 1.36. The first-order chi connectivity index (χ1) is 18.2. The van der Waals surface area contributed by atoms with Crippen molar-refractivity contribution in [2.24, 2.45) is 0 Å². The van der Waals surface area contributed by atoms with Gasteiger partial charge in [0.25, 0.3) is 17.7 Å². The summed E-state index contributed by atoms with van der Waals surface area (Å²) in [5.41, 5.74) is 2.99. The Labute approximate surface area is 227 Å². The normalized spacial score (nSPS) is 14.4. The molecule has 3 aromatic rings. The molecular formula is C28H24BrN3O6.